The first kappa shape index (κ1) is 25.1. The number of nitrogens with one attached hydrogen (secondary N) is 2. The van der Waals surface area contributed by atoms with Crippen molar-refractivity contribution in [2.24, 2.45) is 0 Å². The Labute approximate surface area is 211 Å². The van der Waals surface area contributed by atoms with Crippen LogP contribution in [0.3, 0.4) is 0 Å². The van der Waals surface area contributed by atoms with Gasteiger partial charge in [0.1, 0.15) is 9.73 Å². The molecule has 0 saturated carbocycles. The summed E-state index contributed by atoms with van der Waals surface area (Å²) in [6.45, 7) is -0.793. The molecule has 0 unspecified atom stereocenters. The van der Waals surface area contributed by atoms with Gasteiger partial charge in [-0.1, -0.05) is 23.5 Å². The Morgan fingerprint density at radius 1 is 1.06 bits per heavy atom. The van der Waals surface area contributed by atoms with Crippen LogP contribution in [0.4, 0.5) is 24.0 Å². The van der Waals surface area contributed by atoms with Gasteiger partial charge in [0.15, 0.2) is 29.2 Å². The summed E-state index contributed by atoms with van der Waals surface area (Å²) in [6.07, 6.45) is 0. The van der Waals surface area contributed by atoms with Gasteiger partial charge in [-0.25, -0.2) is 31.4 Å². The highest BCUT2D eigenvalue weighted by Crippen LogP contribution is 2.31. The number of carbonyl (C=O) groups is 2. The number of anilines is 2. The topological polar surface area (TPSA) is 114 Å². The van der Waals surface area contributed by atoms with Crippen LogP contribution in [-0.2, 0) is 19.6 Å². The van der Waals surface area contributed by atoms with Crippen LogP contribution in [0.2, 0.25) is 0 Å². The van der Waals surface area contributed by atoms with E-state index in [1.54, 1.807) is 6.07 Å². The standard InChI is InChI=1S/C20H11BrF3N3O5S3/c21-13-5-6-15(34-13)35(30,31)27-11-4-2-1-3-9(11)19(29)32-8-14(28)25-20-26-18-12(33-20)7-10(22)16(23)17(18)24/h1-7,27H,8H2,(H,25,26,28). The van der Waals surface area contributed by atoms with E-state index in [-0.39, 0.29) is 25.3 Å². The van der Waals surface area contributed by atoms with Crippen molar-refractivity contribution < 1.29 is 35.9 Å². The first-order chi connectivity index (χ1) is 16.5. The lowest BCUT2D eigenvalue weighted by Gasteiger charge is -2.11. The van der Waals surface area contributed by atoms with E-state index in [4.69, 9.17) is 4.74 Å². The fourth-order valence-electron chi connectivity index (χ4n) is 2.78. The molecule has 0 spiro atoms. The molecule has 0 saturated heterocycles. The van der Waals surface area contributed by atoms with Gasteiger partial charge < -0.3 is 4.74 Å². The molecule has 4 aromatic rings. The van der Waals surface area contributed by atoms with Crippen molar-refractivity contribution in [3.05, 3.63) is 69.3 Å². The molecule has 0 fully saturated rings. The fraction of sp³-hybridized carbons (Fsp3) is 0.0500. The third-order valence-electron chi connectivity index (χ3n) is 4.31. The molecule has 0 radical (unpaired) electrons. The largest absolute Gasteiger partial charge is 0.452 e. The number of esters is 1. The maximum atomic E-state index is 13.8. The van der Waals surface area contributed by atoms with Crippen LogP contribution in [0.25, 0.3) is 10.2 Å². The lowest BCUT2D eigenvalue weighted by Crippen LogP contribution is -2.22. The smallest absolute Gasteiger partial charge is 0.340 e. The van der Waals surface area contributed by atoms with Crippen molar-refractivity contribution in [2.75, 3.05) is 16.6 Å². The molecule has 0 aliphatic carbocycles. The average molecular weight is 606 g/mol. The first-order valence-corrected chi connectivity index (χ1v) is 13.2. The van der Waals surface area contributed by atoms with Crippen molar-refractivity contribution >= 4 is 81.5 Å². The number of halogens is 4. The summed E-state index contributed by atoms with van der Waals surface area (Å²) < 4.78 is 73.5. The second kappa shape index (κ2) is 9.93. The molecule has 2 N–H and O–H groups in total. The maximum absolute atomic E-state index is 13.8. The molecule has 2 aromatic carbocycles. The highest BCUT2D eigenvalue weighted by atomic mass is 79.9. The molecule has 15 heteroatoms. The Morgan fingerprint density at radius 2 is 1.80 bits per heavy atom. The lowest BCUT2D eigenvalue weighted by molar-refractivity contribution is -0.119. The molecule has 182 valence electrons. The highest BCUT2D eigenvalue weighted by molar-refractivity contribution is 9.11. The number of hydrogen-bond acceptors (Lipinski definition) is 8. The van der Waals surface area contributed by atoms with Gasteiger partial charge in [0.25, 0.3) is 15.9 Å². The van der Waals surface area contributed by atoms with Crippen LogP contribution >= 0.6 is 38.6 Å². The number of fused-ring (bicyclic) bond motifs is 1. The number of sulfonamides is 1. The van der Waals surface area contributed by atoms with E-state index >= 15 is 0 Å². The minimum atomic E-state index is -3.98. The number of rotatable bonds is 7. The minimum absolute atomic E-state index is 0.0129. The van der Waals surface area contributed by atoms with Crippen molar-refractivity contribution in [1.82, 2.24) is 4.98 Å². The molecule has 0 aliphatic heterocycles. The summed E-state index contributed by atoms with van der Waals surface area (Å²) in [5.41, 5.74) is -0.666. The number of thiophene rings is 1. The van der Waals surface area contributed by atoms with E-state index in [0.29, 0.717) is 15.1 Å². The Hall–Kier alpha value is -3.01. The third-order valence-corrected chi connectivity index (χ3v) is 8.71. The molecule has 4 rings (SSSR count). The molecular weight excluding hydrogens is 595 g/mol. The molecule has 35 heavy (non-hydrogen) atoms. The molecule has 1 amide bonds. The van der Waals surface area contributed by atoms with Gasteiger partial charge in [0.2, 0.25) is 0 Å². The number of nitrogens with zero attached hydrogens (tertiary/aromatic N) is 1. The van der Waals surface area contributed by atoms with Crippen LogP contribution in [0.5, 0.6) is 0 Å². The maximum Gasteiger partial charge on any atom is 0.340 e. The van der Waals surface area contributed by atoms with E-state index < -0.39 is 51.5 Å². The van der Waals surface area contributed by atoms with Gasteiger partial charge >= 0.3 is 5.97 Å². The van der Waals surface area contributed by atoms with E-state index in [2.05, 4.69) is 31.0 Å². The van der Waals surface area contributed by atoms with E-state index in [0.717, 1.165) is 17.4 Å². The SMILES string of the molecule is O=C(COC(=O)c1ccccc1NS(=O)(=O)c1ccc(Br)s1)Nc1nc2c(F)c(F)c(F)cc2s1. The zero-order valence-electron chi connectivity index (χ0n) is 17.0. The molecule has 2 aromatic heterocycles. The van der Waals surface area contributed by atoms with Crippen molar-refractivity contribution in [3.8, 4) is 0 Å². The van der Waals surface area contributed by atoms with Crippen molar-refractivity contribution in [3.63, 3.8) is 0 Å². The summed E-state index contributed by atoms with van der Waals surface area (Å²) in [7, 11) is -3.98. The summed E-state index contributed by atoms with van der Waals surface area (Å²) in [5.74, 6) is -6.43. The molecule has 2 heterocycles. The average Bonchev–Trinajstić information content (AvgIpc) is 3.42. The van der Waals surface area contributed by atoms with Crippen LogP contribution in [-0.4, -0.2) is 31.9 Å². The van der Waals surface area contributed by atoms with E-state index in [1.807, 2.05) is 0 Å². The molecule has 0 atom stereocenters. The number of hydrogen-bond donors (Lipinski definition) is 2. The Kier molecular flexibility index (Phi) is 7.12. The monoisotopic (exact) mass is 605 g/mol. The van der Waals surface area contributed by atoms with Crippen molar-refractivity contribution in [1.29, 1.82) is 0 Å². The zero-order valence-corrected chi connectivity index (χ0v) is 21.0. The quantitative estimate of drug-likeness (QED) is 0.223. The molecule has 0 bridgehead atoms. The number of benzene rings is 2. The summed E-state index contributed by atoms with van der Waals surface area (Å²) in [4.78, 5) is 28.4. The third kappa shape index (κ3) is 5.47. The number of amides is 1. The molecule has 8 nitrogen and oxygen atoms in total. The predicted octanol–water partition coefficient (Wildman–Crippen LogP) is 5.13. The second-order valence-electron chi connectivity index (χ2n) is 6.69. The summed E-state index contributed by atoms with van der Waals surface area (Å²) in [5, 5.41) is 2.08. The van der Waals surface area contributed by atoms with Gasteiger partial charge in [0.05, 0.1) is 19.7 Å². The predicted molar refractivity (Wildman–Crippen MR) is 128 cm³/mol. The van der Waals surface area contributed by atoms with Crippen LogP contribution in [0.1, 0.15) is 10.4 Å². The molecule has 0 aliphatic rings. The van der Waals surface area contributed by atoms with Crippen LogP contribution in [0, 0.1) is 17.5 Å². The second-order valence-corrected chi connectivity index (χ2v) is 12.1. The van der Waals surface area contributed by atoms with Crippen LogP contribution < -0.4 is 10.0 Å². The van der Waals surface area contributed by atoms with Gasteiger partial charge in [0, 0.05) is 0 Å². The molecular formula is C20H11BrF3N3O5S3. The Bertz CT molecular complexity index is 1570. The Morgan fingerprint density at radius 3 is 2.51 bits per heavy atom. The number of aromatic nitrogens is 1. The van der Waals surface area contributed by atoms with E-state index in [9.17, 15) is 31.2 Å². The minimum Gasteiger partial charge on any atom is -0.452 e. The zero-order chi connectivity index (χ0) is 25.3. The number of ether oxygens (including phenoxy) is 1. The van der Waals surface area contributed by atoms with Crippen LogP contribution in [0.15, 0.2) is 50.5 Å². The normalized spacial score (nSPS) is 11.4. The van der Waals surface area contributed by atoms with Gasteiger partial charge in [-0.15, -0.1) is 11.3 Å². The Balaban J connectivity index is 1.43. The van der Waals surface area contributed by atoms with E-state index in [1.165, 1.54) is 30.3 Å². The number of thiazole rings is 1. The van der Waals surface area contributed by atoms with Gasteiger partial charge in [-0.05, 0) is 46.3 Å². The lowest BCUT2D eigenvalue weighted by atomic mass is 10.2. The van der Waals surface area contributed by atoms with Gasteiger partial charge in [-0.2, -0.15) is 0 Å². The summed E-state index contributed by atoms with van der Waals surface area (Å²) >= 11 is 4.85. The fourth-order valence-corrected chi connectivity index (χ4v) is 6.77. The summed E-state index contributed by atoms with van der Waals surface area (Å²) in [6, 6.07) is 9.33. The number of carbonyl (C=O) groups excluding carboxylic acids is 2. The van der Waals surface area contributed by atoms with Crippen molar-refractivity contribution in [2.45, 2.75) is 4.21 Å². The number of para-hydroxylation sites is 1. The first-order valence-electron chi connectivity index (χ1n) is 9.33. The van der Waals surface area contributed by atoms with Gasteiger partial charge in [-0.3, -0.25) is 14.8 Å². The highest BCUT2D eigenvalue weighted by Gasteiger charge is 2.22.